The lowest BCUT2D eigenvalue weighted by atomic mass is 9.92. The highest BCUT2D eigenvalue weighted by Crippen LogP contribution is 2.19. The van der Waals surface area contributed by atoms with E-state index < -0.39 is 0 Å². The molecule has 1 unspecified atom stereocenters. The fourth-order valence-corrected chi connectivity index (χ4v) is 2.22. The molecule has 0 saturated carbocycles. The van der Waals surface area contributed by atoms with E-state index in [2.05, 4.69) is 6.92 Å². The lowest BCUT2D eigenvalue weighted by molar-refractivity contribution is 0.0957. The Labute approximate surface area is 103 Å². The summed E-state index contributed by atoms with van der Waals surface area (Å²) in [5.74, 6) is 1.33. The Balaban J connectivity index is 2.54. The third-order valence-electron chi connectivity index (χ3n) is 2.78. The Kier molecular flexibility index (Phi) is 6.17. The van der Waals surface area contributed by atoms with Gasteiger partial charge in [0, 0.05) is 17.9 Å². The largest absolute Gasteiger partial charge is 0.294 e. The number of hydrogen-bond acceptors (Lipinski definition) is 1. The maximum absolute atomic E-state index is 12.0. The highest BCUT2D eigenvalue weighted by molar-refractivity contribution is 6.17. The summed E-state index contributed by atoms with van der Waals surface area (Å²) in [5.41, 5.74) is 0.818. The van der Waals surface area contributed by atoms with Crippen molar-refractivity contribution in [2.75, 3.05) is 5.88 Å². The third-order valence-corrected chi connectivity index (χ3v) is 3.00. The lowest BCUT2D eigenvalue weighted by Gasteiger charge is -2.13. The molecule has 1 aromatic rings. The zero-order chi connectivity index (χ0) is 11.8. The molecule has 88 valence electrons. The first-order valence-corrected chi connectivity index (χ1v) is 6.45. The first-order chi connectivity index (χ1) is 7.77. The van der Waals surface area contributed by atoms with Crippen LogP contribution >= 0.6 is 11.6 Å². The fourth-order valence-electron chi connectivity index (χ4n) is 1.92. The van der Waals surface area contributed by atoms with Crippen LogP contribution in [-0.2, 0) is 0 Å². The summed E-state index contributed by atoms with van der Waals surface area (Å²) in [4.78, 5) is 12.0. The summed E-state index contributed by atoms with van der Waals surface area (Å²) < 4.78 is 0. The van der Waals surface area contributed by atoms with Gasteiger partial charge in [-0.25, -0.2) is 0 Å². The minimum Gasteiger partial charge on any atom is -0.294 e. The zero-order valence-corrected chi connectivity index (χ0v) is 10.5. The topological polar surface area (TPSA) is 17.1 Å². The van der Waals surface area contributed by atoms with Crippen molar-refractivity contribution in [1.29, 1.82) is 0 Å². The second-order valence-corrected chi connectivity index (χ2v) is 4.50. The van der Waals surface area contributed by atoms with Crippen molar-refractivity contribution in [1.82, 2.24) is 0 Å². The van der Waals surface area contributed by atoms with Crippen LogP contribution in [0.3, 0.4) is 0 Å². The Morgan fingerprint density at radius 1 is 1.25 bits per heavy atom. The molecule has 0 saturated heterocycles. The van der Waals surface area contributed by atoms with Crippen molar-refractivity contribution in [2.45, 2.75) is 32.6 Å². The predicted octanol–water partition coefficient (Wildman–Crippen LogP) is 4.30. The van der Waals surface area contributed by atoms with Gasteiger partial charge in [-0.2, -0.15) is 0 Å². The van der Waals surface area contributed by atoms with Crippen LogP contribution in [-0.4, -0.2) is 11.7 Å². The molecule has 0 aliphatic carbocycles. The maximum atomic E-state index is 12.0. The normalized spacial score (nSPS) is 12.4. The molecule has 0 N–H and O–H groups in total. The third kappa shape index (κ3) is 4.36. The molecule has 1 aromatic carbocycles. The first-order valence-electron chi connectivity index (χ1n) is 5.92. The van der Waals surface area contributed by atoms with Gasteiger partial charge in [0.2, 0.25) is 0 Å². The molecule has 0 aromatic heterocycles. The minimum atomic E-state index is 0.240. The Hall–Kier alpha value is -0.820. The van der Waals surface area contributed by atoms with Gasteiger partial charge in [-0.05, 0) is 12.3 Å². The highest BCUT2D eigenvalue weighted by atomic mass is 35.5. The van der Waals surface area contributed by atoms with E-state index in [-0.39, 0.29) is 5.78 Å². The average Bonchev–Trinajstić information content (AvgIpc) is 2.31. The standard InChI is InChI=1S/C14H19ClO/c1-2-6-12(9-10-15)11-14(16)13-7-4-3-5-8-13/h3-5,7-8,12H,2,6,9-11H2,1H3. The zero-order valence-electron chi connectivity index (χ0n) is 9.79. The van der Waals surface area contributed by atoms with Crippen LogP contribution in [0.25, 0.3) is 0 Å². The number of carbonyl (C=O) groups excluding carboxylic acids is 1. The van der Waals surface area contributed by atoms with Crippen molar-refractivity contribution >= 4 is 17.4 Å². The van der Waals surface area contributed by atoms with Crippen LogP contribution < -0.4 is 0 Å². The van der Waals surface area contributed by atoms with Gasteiger partial charge in [-0.15, -0.1) is 11.6 Å². The molecule has 1 nitrogen and oxygen atoms in total. The van der Waals surface area contributed by atoms with Gasteiger partial charge >= 0.3 is 0 Å². The van der Waals surface area contributed by atoms with Gasteiger partial charge in [0.25, 0.3) is 0 Å². The van der Waals surface area contributed by atoms with E-state index in [0.29, 0.717) is 18.2 Å². The van der Waals surface area contributed by atoms with Crippen molar-refractivity contribution in [3.05, 3.63) is 35.9 Å². The highest BCUT2D eigenvalue weighted by Gasteiger charge is 2.13. The smallest absolute Gasteiger partial charge is 0.163 e. The molecule has 0 radical (unpaired) electrons. The molecular weight excluding hydrogens is 220 g/mol. The number of alkyl halides is 1. The van der Waals surface area contributed by atoms with Crippen LogP contribution in [0.15, 0.2) is 30.3 Å². The summed E-state index contributed by atoms with van der Waals surface area (Å²) >= 11 is 5.75. The second-order valence-electron chi connectivity index (χ2n) is 4.13. The Morgan fingerprint density at radius 2 is 1.94 bits per heavy atom. The summed E-state index contributed by atoms with van der Waals surface area (Å²) in [6, 6.07) is 9.50. The van der Waals surface area contributed by atoms with Gasteiger partial charge in [0.05, 0.1) is 0 Å². The van der Waals surface area contributed by atoms with Crippen LogP contribution in [0.5, 0.6) is 0 Å². The molecular formula is C14H19ClO. The van der Waals surface area contributed by atoms with Gasteiger partial charge in [0.1, 0.15) is 0 Å². The van der Waals surface area contributed by atoms with E-state index in [1.54, 1.807) is 0 Å². The number of rotatable bonds is 7. The number of benzene rings is 1. The van der Waals surface area contributed by atoms with Gasteiger partial charge in [-0.1, -0.05) is 50.1 Å². The number of ketones is 1. The van der Waals surface area contributed by atoms with Crippen LogP contribution in [0.2, 0.25) is 0 Å². The molecule has 1 atom stereocenters. The second kappa shape index (κ2) is 7.45. The number of Topliss-reactive ketones (excluding diaryl/α,β-unsaturated/α-hetero) is 1. The lowest BCUT2D eigenvalue weighted by Crippen LogP contribution is -2.09. The molecule has 0 bridgehead atoms. The molecule has 0 aliphatic rings. The van der Waals surface area contributed by atoms with E-state index in [4.69, 9.17) is 11.6 Å². The number of carbonyl (C=O) groups is 1. The molecule has 0 amide bonds. The summed E-state index contributed by atoms with van der Waals surface area (Å²) in [7, 11) is 0. The maximum Gasteiger partial charge on any atom is 0.163 e. The quantitative estimate of drug-likeness (QED) is 0.511. The number of halogens is 1. The molecule has 2 heteroatoms. The van der Waals surface area contributed by atoms with E-state index in [1.807, 2.05) is 30.3 Å². The van der Waals surface area contributed by atoms with Gasteiger partial charge in [-0.3, -0.25) is 4.79 Å². The van der Waals surface area contributed by atoms with Crippen LogP contribution in [0.4, 0.5) is 0 Å². The molecule has 0 fully saturated rings. The molecule has 0 heterocycles. The van der Waals surface area contributed by atoms with E-state index in [9.17, 15) is 4.79 Å². The van der Waals surface area contributed by atoms with Gasteiger partial charge < -0.3 is 0 Å². The monoisotopic (exact) mass is 238 g/mol. The minimum absolute atomic E-state index is 0.240. The summed E-state index contributed by atoms with van der Waals surface area (Å²) in [6.45, 7) is 2.15. The average molecular weight is 239 g/mol. The van der Waals surface area contributed by atoms with E-state index in [1.165, 1.54) is 0 Å². The number of hydrogen-bond donors (Lipinski definition) is 0. The SMILES string of the molecule is CCCC(CCCl)CC(=O)c1ccccc1. The van der Waals surface area contributed by atoms with Gasteiger partial charge in [0.15, 0.2) is 5.78 Å². The van der Waals surface area contributed by atoms with Crippen molar-refractivity contribution in [3.8, 4) is 0 Å². The molecule has 1 rings (SSSR count). The Morgan fingerprint density at radius 3 is 2.50 bits per heavy atom. The van der Waals surface area contributed by atoms with Crippen LogP contribution in [0, 0.1) is 5.92 Å². The van der Waals surface area contributed by atoms with Crippen molar-refractivity contribution in [3.63, 3.8) is 0 Å². The predicted molar refractivity (Wildman–Crippen MR) is 69.1 cm³/mol. The molecule has 16 heavy (non-hydrogen) atoms. The fraction of sp³-hybridized carbons (Fsp3) is 0.500. The molecule has 0 aliphatic heterocycles. The van der Waals surface area contributed by atoms with Crippen LogP contribution in [0.1, 0.15) is 43.0 Å². The van der Waals surface area contributed by atoms with E-state index >= 15 is 0 Å². The summed E-state index contributed by atoms with van der Waals surface area (Å²) in [6.07, 6.45) is 3.77. The Bertz CT molecular complexity index is 302. The first kappa shape index (κ1) is 13.2. The summed E-state index contributed by atoms with van der Waals surface area (Å²) in [5, 5.41) is 0. The van der Waals surface area contributed by atoms with Crippen molar-refractivity contribution < 1.29 is 4.79 Å². The molecule has 0 spiro atoms. The van der Waals surface area contributed by atoms with Crippen molar-refractivity contribution in [2.24, 2.45) is 5.92 Å². The van der Waals surface area contributed by atoms with E-state index in [0.717, 1.165) is 24.8 Å².